The largest absolute Gasteiger partial charge is 0.318 e. The minimum Gasteiger partial charge on any atom is -0.318 e. The average molecular weight is 416 g/mol. The Labute approximate surface area is 165 Å². The SMILES string of the molecule is Cc1cc(-c2csc(-c3ccsc3)n2)c(C)n1-c1ccc(S(N)(=O)=O)cc1. The number of nitrogens with zero attached hydrogens (tertiary/aromatic N) is 2. The third kappa shape index (κ3) is 3.37. The van der Waals surface area contributed by atoms with Crippen molar-refractivity contribution in [2.24, 2.45) is 5.14 Å². The zero-order chi connectivity index (χ0) is 19.2. The second-order valence-electron chi connectivity index (χ2n) is 6.21. The van der Waals surface area contributed by atoms with Crippen LogP contribution in [-0.2, 0) is 10.0 Å². The molecule has 0 spiro atoms. The van der Waals surface area contributed by atoms with Gasteiger partial charge in [-0.25, -0.2) is 18.5 Å². The number of sulfonamides is 1. The zero-order valence-electron chi connectivity index (χ0n) is 14.7. The summed E-state index contributed by atoms with van der Waals surface area (Å²) in [5.41, 5.74) is 6.15. The van der Waals surface area contributed by atoms with Gasteiger partial charge >= 0.3 is 0 Å². The van der Waals surface area contributed by atoms with Gasteiger partial charge in [0.15, 0.2) is 0 Å². The summed E-state index contributed by atoms with van der Waals surface area (Å²) in [7, 11) is -3.70. The molecule has 0 saturated heterocycles. The first-order valence-electron chi connectivity index (χ1n) is 8.15. The highest BCUT2D eigenvalue weighted by atomic mass is 32.2. The van der Waals surface area contributed by atoms with Gasteiger partial charge in [0.1, 0.15) is 5.01 Å². The first kappa shape index (κ1) is 18.1. The lowest BCUT2D eigenvalue weighted by Crippen LogP contribution is -2.12. The topological polar surface area (TPSA) is 78.0 Å². The number of thiophene rings is 1. The van der Waals surface area contributed by atoms with E-state index in [4.69, 9.17) is 10.1 Å². The molecule has 3 heterocycles. The Morgan fingerprint density at radius 2 is 1.81 bits per heavy atom. The molecule has 0 bridgehead atoms. The summed E-state index contributed by atoms with van der Waals surface area (Å²) in [4.78, 5) is 4.90. The summed E-state index contributed by atoms with van der Waals surface area (Å²) in [5, 5.41) is 12.4. The van der Waals surface area contributed by atoms with Crippen LogP contribution in [0.2, 0.25) is 0 Å². The summed E-state index contributed by atoms with van der Waals surface area (Å²) in [5.74, 6) is 0. The third-order valence-electron chi connectivity index (χ3n) is 4.40. The fourth-order valence-corrected chi connectivity index (χ4v) is 5.17. The quantitative estimate of drug-likeness (QED) is 0.529. The number of nitrogens with two attached hydrogens (primary N) is 1. The minimum atomic E-state index is -3.70. The smallest absolute Gasteiger partial charge is 0.238 e. The van der Waals surface area contributed by atoms with E-state index in [9.17, 15) is 8.42 Å². The Kier molecular flexibility index (Phi) is 4.51. The molecule has 0 saturated carbocycles. The van der Waals surface area contributed by atoms with E-state index in [-0.39, 0.29) is 4.90 Å². The number of benzene rings is 1. The van der Waals surface area contributed by atoms with E-state index < -0.39 is 10.0 Å². The fraction of sp³-hybridized carbons (Fsp3) is 0.105. The van der Waals surface area contributed by atoms with E-state index in [2.05, 4.69) is 27.5 Å². The van der Waals surface area contributed by atoms with E-state index in [1.807, 2.05) is 19.2 Å². The van der Waals surface area contributed by atoms with Gasteiger partial charge in [0.05, 0.1) is 10.6 Å². The molecule has 0 radical (unpaired) electrons. The van der Waals surface area contributed by atoms with Crippen LogP contribution in [0.1, 0.15) is 11.4 Å². The third-order valence-corrected chi connectivity index (χ3v) is 6.91. The van der Waals surface area contributed by atoms with Crippen LogP contribution in [0.15, 0.2) is 57.4 Å². The lowest BCUT2D eigenvalue weighted by atomic mass is 10.2. The molecule has 27 heavy (non-hydrogen) atoms. The van der Waals surface area contributed by atoms with Crippen molar-refractivity contribution in [1.82, 2.24) is 9.55 Å². The maximum atomic E-state index is 11.5. The second kappa shape index (κ2) is 6.72. The van der Waals surface area contributed by atoms with Crippen LogP contribution >= 0.6 is 22.7 Å². The minimum absolute atomic E-state index is 0.105. The van der Waals surface area contributed by atoms with Gasteiger partial charge in [-0.05, 0) is 55.6 Å². The van der Waals surface area contributed by atoms with Crippen molar-refractivity contribution in [1.29, 1.82) is 0 Å². The van der Waals surface area contributed by atoms with Crippen molar-refractivity contribution in [3.63, 3.8) is 0 Å². The highest BCUT2D eigenvalue weighted by molar-refractivity contribution is 7.89. The molecular weight excluding hydrogens is 398 g/mol. The van der Waals surface area contributed by atoms with Crippen LogP contribution in [-0.4, -0.2) is 18.0 Å². The van der Waals surface area contributed by atoms with Crippen molar-refractivity contribution in [3.8, 4) is 27.5 Å². The summed E-state index contributed by atoms with van der Waals surface area (Å²) >= 11 is 3.29. The lowest BCUT2D eigenvalue weighted by Gasteiger charge is -2.10. The highest BCUT2D eigenvalue weighted by Crippen LogP contribution is 2.34. The van der Waals surface area contributed by atoms with Crippen LogP contribution in [0.25, 0.3) is 27.5 Å². The van der Waals surface area contributed by atoms with Crippen molar-refractivity contribution in [2.75, 3.05) is 0 Å². The van der Waals surface area contributed by atoms with Gasteiger partial charge in [0.25, 0.3) is 0 Å². The van der Waals surface area contributed by atoms with Crippen LogP contribution < -0.4 is 5.14 Å². The molecule has 8 heteroatoms. The number of thiazole rings is 1. The van der Waals surface area contributed by atoms with Crippen molar-refractivity contribution in [2.45, 2.75) is 18.7 Å². The van der Waals surface area contributed by atoms with Gasteiger partial charge in [-0.3, -0.25) is 0 Å². The number of rotatable bonds is 4. The van der Waals surface area contributed by atoms with Gasteiger partial charge in [-0.1, -0.05) is 0 Å². The molecular formula is C19H17N3O2S3. The normalized spacial score (nSPS) is 11.8. The van der Waals surface area contributed by atoms with Crippen molar-refractivity contribution >= 4 is 32.7 Å². The molecule has 0 aliphatic rings. The predicted molar refractivity (Wildman–Crippen MR) is 111 cm³/mol. The average Bonchev–Trinajstić information content (AvgIpc) is 3.34. The van der Waals surface area contributed by atoms with E-state index in [0.29, 0.717) is 0 Å². The van der Waals surface area contributed by atoms with Crippen LogP contribution in [0, 0.1) is 13.8 Å². The van der Waals surface area contributed by atoms with E-state index >= 15 is 0 Å². The van der Waals surface area contributed by atoms with Crippen molar-refractivity contribution < 1.29 is 8.42 Å². The number of aryl methyl sites for hydroxylation is 1. The molecule has 1 aromatic carbocycles. The summed E-state index contributed by atoms with van der Waals surface area (Å²) in [6.45, 7) is 4.07. The van der Waals surface area contributed by atoms with Gasteiger partial charge < -0.3 is 4.57 Å². The molecule has 0 atom stereocenters. The van der Waals surface area contributed by atoms with Crippen molar-refractivity contribution in [3.05, 3.63) is 63.9 Å². The molecule has 4 aromatic rings. The molecule has 0 aliphatic carbocycles. The fourth-order valence-electron chi connectivity index (χ4n) is 3.12. The Balaban J connectivity index is 1.74. The standard InChI is InChI=1S/C19H17N3O2S3/c1-12-9-17(18-11-26-19(21-18)14-7-8-25-10-14)13(2)22(12)15-3-5-16(6-4-15)27(20,23)24/h3-11H,1-2H3,(H2,20,23,24). The summed E-state index contributed by atoms with van der Waals surface area (Å²) < 4.78 is 25.0. The van der Waals surface area contributed by atoms with Gasteiger partial charge in [0.2, 0.25) is 10.0 Å². The van der Waals surface area contributed by atoms with E-state index in [1.165, 1.54) is 12.1 Å². The molecule has 5 nitrogen and oxygen atoms in total. The Morgan fingerprint density at radius 3 is 2.44 bits per heavy atom. The highest BCUT2D eigenvalue weighted by Gasteiger charge is 2.16. The number of hydrogen-bond acceptors (Lipinski definition) is 5. The second-order valence-corrected chi connectivity index (χ2v) is 9.41. The first-order valence-corrected chi connectivity index (χ1v) is 11.5. The molecule has 4 rings (SSSR count). The molecule has 3 aromatic heterocycles. The molecule has 0 fully saturated rings. The zero-order valence-corrected chi connectivity index (χ0v) is 17.2. The molecule has 0 unspecified atom stereocenters. The number of primary sulfonamides is 1. The monoisotopic (exact) mass is 415 g/mol. The Hall–Kier alpha value is -2.26. The number of aromatic nitrogens is 2. The molecule has 2 N–H and O–H groups in total. The summed E-state index contributed by atoms with van der Waals surface area (Å²) in [6.07, 6.45) is 0. The van der Waals surface area contributed by atoms with Crippen LogP contribution in [0.5, 0.6) is 0 Å². The first-order chi connectivity index (χ1) is 12.8. The lowest BCUT2D eigenvalue weighted by molar-refractivity contribution is 0.598. The van der Waals surface area contributed by atoms with Crippen LogP contribution in [0.3, 0.4) is 0 Å². The van der Waals surface area contributed by atoms with E-state index in [0.717, 1.165) is 38.9 Å². The Morgan fingerprint density at radius 1 is 1.07 bits per heavy atom. The predicted octanol–water partition coefficient (Wildman–Crippen LogP) is 4.59. The molecule has 138 valence electrons. The van der Waals surface area contributed by atoms with Gasteiger partial charge in [-0.2, -0.15) is 11.3 Å². The molecule has 0 aliphatic heterocycles. The van der Waals surface area contributed by atoms with E-state index in [1.54, 1.807) is 34.8 Å². The Bertz CT molecular complexity index is 1200. The summed E-state index contributed by atoms with van der Waals surface area (Å²) in [6, 6.07) is 10.8. The maximum Gasteiger partial charge on any atom is 0.238 e. The number of hydrogen-bond donors (Lipinski definition) is 1. The molecule has 0 amide bonds. The van der Waals surface area contributed by atoms with Gasteiger partial charge in [-0.15, -0.1) is 11.3 Å². The maximum absolute atomic E-state index is 11.5. The van der Waals surface area contributed by atoms with Crippen LogP contribution in [0.4, 0.5) is 0 Å². The van der Waals surface area contributed by atoms with Gasteiger partial charge in [0, 0.05) is 39.0 Å².